The lowest BCUT2D eigenvalue weighted by Gasteiger charge is -2.26. The van der Waals surface area contributed by atoms with Gasteiger partial charge in [0.2, 0.25) is 5.91 Å². The average molecular weight is 273 g/mol. The second-order valence-corrected chi connectivity index (χ2v) is 5.92. The lowest BCUT2D eigenvalue weighted by atomic mass is 10.0. The topological polar surface area (TPSA) is 64.6 Å². The molecule has 5 heteroatoms. The number of nitrogens with one attached hydrogen (secondary N) is 1. The molecule has 0 fully saturated rings. The van der Waals surface area contributed by atoms with Gasteiger partial charge in [-0.25, -0.2) is 4.79 Å². The van der Waals surface area contributed by atoms with Gasteiger partial charge in [-0.2, -0.15) is 0 Å². The molecular formula is C14H27NO4. The molecule has 1 N–H and O–H groups in total. The molecule has 1 amide bonds. The molecule has 0 bridgehead atoms. The maximum atomic E-state index is 12.0. The molecule has 0 radical (unpaired) electrons. The van der Waals surface area contributed by atoms with Gasteiger partial charge in [-0.15, -0.1) is 0 Å². The minimum Gasteiger partial charge on any atom is -0.458 e. The SMILES string of the molecule is COCCCC(=O)N[C@@H](C(=O)OC(C)(C)C)C(C)C. The van der Waals surface area contributed by atoms with E-state index in [1.54, 1.807) is 7.11 Å². The van der Waals surface area contributed by atoms with Crippen LogP contribution in [0.15, 0.2) is 0 Å². The molecule has 0 saturated heterocycles. The molecule has 0 aromatic rings. The highest BCUT2D eigenvalue weighted by Crippen LogP contribution is 2.12. The fourth-order valence-electron chi connectivity index (χ4n) is 1.49. The highest BCUT2D eigenvalue weighted by atomic mass is 16.6. The molecular weight excluding hydrogens is 246 g/mol. The maximum absolute atomic E-state index is 12.0. The van der Waals surface area contributed by atoms with E-state index in [0.717, 1.165) is 0 Å². The third kappa shape index (κ3) is 8.59. The van der Waals surface area contributed by atoms with Crippen molar-refractivity contribution in [3.8, 4) is 0 Å². The van der Waals surface area contributed by atoms with E-state index in [2.05, 4.69) is 5.32 Å². The first kappa shape index (κ1) is 17.9. The number of hydrogen-bond acceptors (Lipinski definition) is 4. The molecule has 0 aliphatic rings. The zero-order chi connectivity index (χ0) is 15.1. The van der Waals surface area contributed by atoms with E-state index in [0.29, 0.717) is 19.4 Å². The van der Waals surface area contributed by atoms with E-state index < -0.39 is 11.6 Å². The Labute approximate surface area is 116 Å². The van der Waals surface area contributed by atoms with Crippen LogP contribution in [-0.4, -0.2) is 37.2 Å². The molecule has 0 heterocycles. The number of ether oxygens (including phenoxy) is 2. The predicted molar refractivity (Wildman–Crippen MR) is 73.7 cm³/mol. The van der Waals surface area contributed by atoms with Gasteiger partial charge in [0.15, 0.2) is 0 Å². The first-order chi connectivity index (χ1) is 8.67. The summed E-state index contributed by atoms with van der Waals surface area (Å²) in [7, 11) is 1.59. The Balaban J connectivity index is 4.41. The van der Waals surface area contributed by atoms with Crippen LogP contribution in [0.4, 0.5) is 0 Å². The van der Waals surface area contributed by atoms with E-state index in [-0.39, 0.29) is 17.8 Å². The van der Waals surface area contributed by atoms with Crippen LogP contribution in [0.3, 0.4) is 0 Å². The van der Waals surface area contributed by atoms with Crippen molar-refractivity contribution >= 4 is 11.9 Å². The van der Waals surface area contributed by atoms with Gasteiger partial charge >= 0.3 is 5.97 Å². The summed E-state index contributed by atoms with van der Waals surface area (Å²) in [6, 6.07) is -0.603. The standard InChI is InChI=1S/C14H27NO4/c1-10(2)12(13(17)19-14(3,4)5)15-11(16)8-7-9-18-6/h10,12H,7-9H2,1-6H3,(H,15,16)/t12-/m1/s1. The zero-order valence-electron chi connectivity index (χ0n) is 12.9. The summed E-state index contributed by atoms with van der Waals surface area (Å²) >= 11 is 0. The largest absolute Gasteiger partial charge is 0.458 e. The number of amides is 1. The van der Waals surface area contributed by atoms with Crippen molar-refractivity contribution in [1.82, 2.24) is 5.32 Å². The number of esters is 1. The molecule has 0 aliphatic heterocycles. The Kier molecular flexibility index (Phi) is 7.68. The van der Waals surface area contributed by atoms with Crippen molar-refractivity contribution in [2.24, 2.45) is 5.92 Å². The third-order valence-electron chi connectivity index (χ3n) is 2.40. The number of methoxy groups -OCH3 is 1. The monoisotopic (exact) mass is 273 g/mol. The van der Waals surface area contributed by atoms with Crippen LogP contribution in [0.2, 0.25) is 0 Å². The number of rotatable bonds is 7. The molecule has 0 rings (SSSR count). The van der Waals surface area contributed by atoms with Crippen LogP contribution in [0, 0.1) is 5.92 Å². The molecule has 0 saturated carbocycles. The second kappa shape index (κ2) is 8.15. The van der Waals surface area contributed by atoms with E-state index in [1.807, 2.05) is 34.6 Å². The van der Waals surface area contributed by atoms with Crippen molar-refractivity contribution in [3.05, 3.63) is 0 Å². The summed E-state index contributed by atoms with van der Waals surface area (Å²) < 4.78 is 10.2. The van der Waals surface area contributed by atoms with E-state index in [4.69, 9.17) is 9.47 Å². The lowest BCUT2D eigenvalue weighted by Crippen LogP contribution is -2.47. The van der Waals surface area contributed by atoms with Crippen molar-refractivity contribution in [2.75, 3.05) is 13.7 Å². The summed E-state index contributed by atoms with van der Waals surface area (Å²) in [5.41, 5.74) is -0.551. The summed E-state index contributed by atoms with van der Waals surface area (Å²) in [5, 5.41) is 2.73. The Morgan fingerprint density at radius 3 is 2.21 bits per heavy atom. The summed E-state index contributed by atoms with van der Waals surface area (Å²) in [4.78, 5) is 23.7. The normalized spacial score (nSPS) is 13.2. The van der Waals surface area contributed by atoms with Gasteiger partial charge < -0.3 is 14.8 Å². The van der Waals surface area contributed by atoms with Gasteiger partial charge in [0.1, 0.15) is 11.6 Å². The van der Waals surface area contributed by atoms with E-state index >= 15 is 0 Å². The van der Waals surface area contributed by atoms with E-state index in [1.165, 1.54) is 0 Å². The maximum Gasteiger partial charge on any atom is 0.329 e. The van der Waals surface area contributed by atoms with Gasteiger partial charge in [-0.1, -0.05) is 13.8 Å². The molecule has 0 aromatic carbocycles. The molecule has 0 aliphatic carbocycles. The Morgan fingerprint density at radius 2 is 1.79 bits per heavy atom. The number of carbonyl (C=O) groups is 2. The van der Waals surface area contributed by atoms with Crippen molar-refractivity contribution in [3.63, 3.8) is 0 Å². The van der Waals surface area contributed by atoms with Gasteiger partial charge in [0.05, 0.1) is 0 Å². The minimum absolute atomic E-state index is 0.0128. The first-order valence-electron chi connectivity index (χ1n) is 6.68. The molecule has 0 aromatic heterocycles. The van der Waals surface area contributed by atoms with Crippen LogP contribution < -0.4 is 5.32 Å². The highest BCUT2D eigenvalue weighted by molar-refractivity contribution is 5.84. The Morgan fingerprint density at radius 1 is 1.21 bits per heavy atom. The van der Waals surface area contributed by atoms with Crippen LogP contribution in [0.25, 0.3) is 0 Å². The van der Waals surface area contributed by atoms with Crippen LogP contribution in [0.5, 0.6) is 0 Å². The second-order valence-electron chi connectivity index (χ2n) is 5.92. The fraction of sp³-hybridized carbons (Fsp3) is 0.857. The number of carbonyl (C=O) groups excluding carboxylic acids is 2. The molecule has 0 unspecified atom stereocenters. The van der Waals surface area contributed by atoms with Crippen molar-refractivity contribution in [1.29, 1.82) is 0 Å². The van der Waals surface area contributed by atoms with Gasteiger partial charge in [0.25, 0.3) is 0 Å². The van der Waals surface area contributed by atoms with Crippen LogP contribution >= 0.6 is 0 Å². The first-order valence-corrected chi connectivity index (χ1v) is 6.68. The molecule has 0 spiro atoms. The van der Waals surface area contributed by atoms with Crippen LogP contribution in [-0.2, 0) is 19.1 Å². The lowest BCUT2D eigenvalue weighted by molar-refractivity contribution is -0.160. The minimum atomic E-state index is -0.603. The summed E-state index contributed by atoms with van der Waals surface area (Å²) in [5.74, 6) is -0.551. The molecule has 112 valence electrons. The quantitative estimate of drug-likeness (QED) is 0.568. The average Bonchev–Trinajstić information content (AvgIpc) is 2.23. The fourth-order valence-corrected chi connectivity index (χ4v) is 1.49. The molecule has 1 atom stereocenters. The van der Waals surface area contributed by atoms with Crippen molar-refractivity contribution < 1.29 is 19.1 Å². The van der Waals surface area contributed by atoms with Crippen molar-refractivity contribution in [2.45, 2.75) is 59.1 Å². The number of hydrogen-bond donors (Lipinski definition) is 1. The van der Waals surface area contributed by atoms with E-state index in [9.17, 15) is 9.59 Å². The smallest absolute Gasteiger partial charge is 0.329 e. The Bertz CT molecular complexity index is 294. The highest BCUT2D eigenvalue weighted by Gasteiger charge is 2.28. The van der Waals surface area contributed by atoms with Gasteiger partial charge in [-0.05, 0) is 33.1 Å². The van der Waals surface area contributed by atoms with Gasteiger partial charge in [0, 0.05) is 20.1 Å². The summed E-state index contributed by atoms with van der Waals surface area (Å²) in [6.07, 6.45) is 0.987. The van der Waals surface area contributed by atoms with Gasteiger partial charge in [-0.3, -0.25) is 4.79 Å². The molecule has 19 heavy (non-hydrogen) atoms. The summed E-state index contributed by atoms with van der Waals surface area (Å²) in [6.45, 7) is 9.72. The zero-order valence-corrected chi connectivity index (χ0v) is 12.9. The predicted octanol–water partition coefficient (Wildman–Crippen LogP) is 1.90. The third-order valence-corrected chi connectivity index (χ3v) is 2.40. The molecule has 5 nitrogen and oxygen atoms in total. The van der Waals surface area contributed by atoms with Crippen LogP contribution in [0.1, 0.15) is 47.5 Å². The Hall–Kier alpha value is -1.10.